The van der Waals surface area contributed by atoms with Gasteiger partial charge in [0, 0.05) is 18.8 Å². The molecule has 2 aromatic carbocycles. The van der Waals surface area contributed by atoms with Gasteiger partial charge in [-0.2, -0.15) is 0 Å². The summed E-state index contributed by atoms with van der Waals surface area (Å²) < 4.78 is 0. The Morgan fingerprint density at radius 1 is 1.14 bits per heavy atom. The zero-order valence-corrected chi connectivity index (χ0v) is 12.2. The van der Waals surface area contributed by atoms with E-state index in [-0.39, 0.29) is 0 Å². The Balaban J connectivity index is 1.79. The molecule has 0 spiro atoms. The quantitative estimate of drug-likeness (QED) is 0.932. The molecule has 0 radical (unpaired) electrons. The second kappa shape index (κ2) is 5.60. The maximum Gasteiger partial charge on any atom is 0.335 e. The summed E-state index contributed by atoms with van der Waals surface area (Å²) in [6, 6.07) is 14.2. The molecule has 0 aromatic heterocycles. The number of anilines is 1. The van der Waals surface area contributed by atoms with Crippen LogP contribution in [0.2, 0.25) is 0 Å². The van der Waals surface area contributed by atoms with Crippen LogP contribution >= 0.6 is 0 Å². The van der Waals surface area contributed by atoms with Gasteiger partial charge in [-0.3, -0.25) is 0 Å². The molecule has 21 heavy (non-hydrogen) atoms. The van der Waals surface area contributed by atoms with Gasteiger partial charge in [0.15, 0.2) is 0 Å². The average Bonchev–Trinajstić information content (AvgIpc) is 2.90. The van der Waals surface area contributed by atoms with E-state index in [0.29, 0.717) is 5.56 Å². The number of hydrogen-bond acceptors (Lipinski definition) is 2. The summed E-state index contributed by atoms with van der Waals surface area (Å²) >= 11 is 0. The Morgan fingerprint density at radius 2 is 1.86 bits per heavy atom. The summed E-state index contributed by atoms with van der Waals surface area (Å²) in [4.78, 5) is 13.3. The zero-order chi connectivity index (χ0) is 14.8. The molecule has 1 aliphatic heterocycles. The molecular weight excluding hydrogens is 262 g/mol. The van der Waals surface area contributed by atoms with Gasteiger partial charge < -0.3 is 10.0 Å². The van der Waals surface area contributed by atoms with Crippen molar-refractivity contribution < 1.29 is 9.90 Å². The Bertz CT molecular complexity index is 661. The molecule has 1 N–H and O–H groups in total. The lowest BCUT2D eigenvalue weighted by Crippen LogP contribution is -2.19. The highest BCUT2D eigenvalue weighted by atomic mass is 16.4. The number of nitrogens with zero attached hydrogens (tertiary/aromatic N) is 1. The highest BCUT2D eigenvalue weighted by molar-refractivity contribution is 5.88. The van der Waals surface area contributed by atoms with E-state index in [9.17, 15) is 4.79 Å². The van der Waals surface area contributed by atoms with Crippen molar-refractivity contribution in [3.63, 3.8) is 0 Å². The number of rotatable bonds is 4. The molecule has 0 fully saturated rings. The first-order chi connectivity index (χ1) is 10.2. The van der Waals surface area contributed by atoms with Crippen LogP contribution in [-0.4, -0.2) is 17.6 Å². The van der Waals surface area contributed by atoms with Crippen molar-refractivity contribution in [2.45, 2.75) is 26.3 Å². The highest BCUT2D eigenvalue weighted by Crippen LogP contribution is 2.30. The smallest absolute Gasteiger partial charge is 0.335 e. The Morgan fingerprint density at radius 3 is 2.52 bits per heavy atom. The highest BCUT2D eigenvalue weighted by Gasteiger charge is 2.20. The summed E-state index contributed by atoms with van der Waals surface area (Å²) in [6.45, 7) is 3.99. The molecule has 2 aromatic rings. The monoisotopic (exact) mass is 281 g/mol. The molecule has 108 valence electrons. The van der Waals surface area contributed by atoms with Crippen molar-refractivity contribution >= 4 is 11.7 Å². The van der Waals surface area contributed by atoms with Crippen LogP contribution in [0.5, 0.6) is 0 Å². The van der Waals surface area contributed by atoms with Crippen LogP contribution in [0.15, 0.2) is 42.5 Å². The van der Waals surface area contributed by atoms with Gasteiger partial charge in [0.1, 0.15) is 0 Å². The molecule has 3 heteroatoms. The third-order valence-electron chi connectivity index (χ3n) is 4.12. The summed E-state index contributed by atoms with van der Waals surface area (Å²) in [6.07, 6.45) is 1.98. The van der Waals surface area contributed by atoms with Gasteiger partial charge >= 0.3 is 5.97 Å². The Hall–Kier alpha value is -2.29. The molecule has 0 bridgehead atoms. The molecule has 0 unspecified atom stereocenters. The zero-order valence-electron chi connectivity index (χ0n) is 12.2. The van der Waals surface area contributed by atoms with Gasteiger partial charge in [-0.25, -0.2) is 4.79 Å². The molecule has 3 rings (SSSR count). The van der Waals surface area contributed by atoms with Crippen LogP contribution in [0.3, 0.4) is 0 Å². The molecule has 0 saturated heterocycles. The number of benzene rings is 2. The van der Waals surface area contributed by atoms with Crippen LogP contribution in [0, 0.1) is 0 Å². The number of aryl methyl sites for hydroxylation is 1. The topological polar surface area (TPSA) is 40.5 Å². The van der Waals surface area contributed by atoms with E-state index in [4.69, 9.17) is 5.11 Å². The fourth-order valence-corrected chi connectivity index (χ4v) is 2.87. The molecule has 1 aliphatic rings. The predicted molar refractivity (Wildman–Crippen MR) is 84.0 cm³/mol. The number of carboxylic acids is 1. The van der Waals surface area contributed by atoms with Crippen LogP contribution < -0.4 is 4.90 Å². The first-order valence-corrected chi connectivity index (χ1v) is 7.36. The lowest BCUT2D eigenvalue weighted by atomic mass is 10.1. The third-order valence-corrected chi connectivity index (χ3v) is 4.12. The lowest BCUT2D eigenvalue weighted by Gasteiger charge is -2.19. The minimum atomic E-state index is -0.855. The number of fused-ring (bicyclic) bond motifs is 1. The average molecular weight is 281 g/mol. The van der Waals surface area contributed by atoms with Crippen molar-refractivity contribution in [3.05, 3.63) is 64.7 Å². The number of carboxylic acid groups (broad SMARTS) is 1. The first kappa shape index (κ1) is 13.7. The van der Waals surface area contributed by atoms with Crippen LogP contribution in [0.4, 0.5) is 5.69 Å². The summed E-state index contributed by atoms with van der Waals surface area (Å²) in [5, 5.41) is 9.05. The molecule has 0 atom stereocenters. The predicted octanol–water partition coefficient (Wildman–Crippen LogP) is 3.51. The van der Waals surface area contributed by atoms with Gasteiger partial charge in [0.2, 0.25) is 0 Å². The van der Waals surface area contributed by atoms with Crippen molar-refractivity contribution in [2.24, 2.45) is 0 Å². The fourth-order valence-electron chi connectivity index (χ4n) is 2.87. The number of carbonyl (C=O) groups is 1. The van der Waals surface area contributed by atoms with E-state index in [1.54, 1.807) is 12.1 Å². The van der Waals surface area contributed by atoms with Crippen molar-refractivity contribution in [2.75, 3.05) is 11.4 Å². The van der Waals surface area contributed by atoms with E-state index in [0.717, 1.165) is 31.5 Å². The SMILES string of the molecule is CCc1ccc(CN2CCc3cc(C(=O)O)ccc32)cc1. The lowest BCUT2D eigenvalue weighted by molar-refractivity contribution is 0.0697. The molecule has 1 heterocycles. The van der Waals surface area contributed by atoms with Gasteiger partial charge in [-0.05, 0) is 47.7 Å². The minimum Gasteiger partial charge on any atom is -0.478 e. The standard InChI is InChI=1S/C18H19NO2/c1-2-13-3-5-14(6-4-13)12-19-10-9-15-11-16(18(20)21)7-8-17(15)19/h3-8,11H,2,9-10,12H2,1H3,(H,20,21). The number of hydrogen-bond donors (Lipinski definition) is 1. The molecule has 0 aliphatic carbocycles. The van der Waals surface area contributed by atoms with Crippen molar-refractivity contribution in [1.29, 1.82) is 0 Å². The normalized spacial score (nSPS) is 13.3. The van der Waals surface area contributed by atoms with E-state index >= 15 is 0 Å². The molecule has 0 amide bonds. The van der Waals surface area contributed by atoms with Crippen LogP contribution in [0.1, 0.15) is 34.0 Å². The summed E-state index contributed by atoms with van der Waals surface area (Å²) in [5.41, 5.74) is 5.33. The Labute approximate surface area is 124 Å². The van der Waals surface area contributed by atoms with Gasteiger partial charge in [0.25, 0.3) is 0 Å². The molecule has 0 saturated carbocycles. The maximum absolute atomic E-state index is 11.0. The van der Waals surface area contributed by atoms with E-state index in [2.05, 4.69) is 36.1 Å². The Kier molecular flexibility index (Phi) is 3.65. The maximum atomic E-state index is 11.0. The minimum absolute atomic E-state index is 0.378. The largest absolute Gasteiger partial charge is 0.478 e. The second-order valence-electron chi connectivity index (χ2n) is 5.49. The summed E-state index contributed by atoms with van der Waals surface area (Å²) in [7, 11) is 0. The van der Waals surface area contributed by atoms with Crippen LogP contribution in [0.25, 0.3) is 0 Å². The van der Waals surface area contributed by atoms with E-state index < -0.39 is 5.97 Å². The first-order valence-electron chi connectivity index (χ1n) is 7.36. The fraction of sp³-hybridized carbons (Fsp3) is 0.278. The van der Waals surface area contributed by atoms with E-state index in [1.165, 1.54) is 16.8 Å². The van der Waals surface area contributed by atoms with Crippen molar-refractivity contribution in [3.8, 4) is 0 Å². The van der Waals surface area contributed by atoms with Gasteiger partial charge in [-0.15, -0.1) is 0 Å². The number of aromatic carboxylic acids is 1. The molecular formula is C18H19NO2. The third kappa shape index (κ3) is 2.77. The van der Waals surface area contributed by atoms with Gasteiger partial charge in [-0.1, -0.05) is 31.2 Å². The van der Waals surface area contributed by atoms with Crippen LogP contribution in [-0.2, 0) is 19.4 Å². The van der Waals surface area contributed by atoms with E-state index in [1.807, 2.05) is 6.07 Å². The van der Waals surface area contributed by atoms with Crippen molar-refractivity contribution in [1.82, 2.24) is 0 Å². The summed E-state index contributed by atoms with van der Waals surface area (Å²) in [5.74, 6) is -0.855. The van der Waals surface area contributed by atoms with Gasteiger partial charge in [0.05, 0.1) is 5.56 Å². The molecule has 3 nitrogen and oxygen atoms in total. The second-order valence-corrected chi connectivity index (χ2v) is 5.49.